The molecule has 1 N–H and O–H groups in total. The molecule has 0 saturated heterocycles. The predicted octanol–water partition coefficient (Wildman–Crippen LogP) is 5.01. The Labute approximate surface area is 126 Å². The first-order chi connectivity index (χ1) is 8.99. The third-order valence-corrected chi connectivity index (χ3v) is 5.98. The fraction of sp³-hybridized carbons (Fsp3) is 0.750. The van der Waals surface area contributed by atoms with E-state index in [2.05, 4.69) is 62.2 Å². The molecule has 0 radical (unpaired) electrons. The van der Waals surface area contributed by atoms with E-state index in [1.54, 1.807) is 15.3 Å². The van der Waals surface area contributed by atoms with Crippen molar-refractivity contribution < 1.29 is 0 Å². The molecule has 0 aromatic carbocycles. The summed E-state index contributed by atoms with van der Waals surface area (Å²) in [6.45, 7) is 10.3. The van der Waals surface area contributed by atoms with Gasteiger partial charge in [-0.15, -0.1) is 11.3 Å². The van der Waals surface area contributed by atoms with Crippen LogP contribution in [0.3, 0.4) is 0 Å². The first kappa shape index (κ1) is 15.4. The molecule has 1 unspecified atom stereocenters. The molecule has 1 aromatic rings. The Kier molecular flexibility index (Phi) is 5.38. The highest BCUT2D eigenvalue weighted by molar-refractivity contribution is 7.98. The molecule has 108 valence electrons. The van der Waals surface area contributed by atoms with Crippen LogP contribution >= 0.6 is 23.1 Å². The van der Waals surface area contributed by atoms with E-state index in [1.807, 2.05) is 0 Å². The van der Waals surface area contributed by atoms with Crippen molar-refractivity contribution in [2.24, 2.45) is 5.41 Å². The second kappa shape index (κ2) is 6.64. The standard InChI is InChI=1S/C16H27NS2/c1-5-17-13(6-8-16(2,3)4)15-10-12-11-18-9-7-14(12)19-15/h10,13,17H,5-9,11H2,1-4H3. The number of nitrogens with one attached hydrogen (secondary N) is 1. The van der Waals surface area contributed by atoms with Gasteiger partial charge in [-0.2, -0.15) is 11.8 Å². The lowest BCUT2D eigenvalue weighted by molar-refractivity contribution is 0.335. The van der Waals surface area contributed by atoms with Gasteiger partial charge in [0.15, 0.2) is 0 Å². The number of hydrogen-bond acceptors (Lipinski definition) is 3. The molecule has 1 aliphatic heterocycles. The van der Waals surface area contributed by atoms with E-state index in [0.717, 1.165) is 6.54 Å². The second-order valence-electron chi connectivity index (χ2n) is 6.61. The van der Waals surface area contributed by atoms with E-state index >= 15 is 0 Å². The zero-order valence-corrected chi connectivity index (χ0v) is 14.3. The largest absolute Gasteiger partial charge is 0.310 e. The molecule has 19 heavy (non-hydrogen) atoms. The maximum absolute atomic E-state index is 3.68. The average molecular weight is 298 g/mol. The molecule has 0 aliphatic carbocycles. The van der Waals surface area contributed by atoms with Gasteiger partial charge in [0.05, 0.1) is 0 Å². The quantitative estimate of drug-likeness (QED) is 0.819. The summed E-state index contributed by atoms with van der Waals surface area (Å²) >= 11 is 4.14. The van der Waals surface area contributed by atoms with Crippen LogP contribution < -0.4 is 5.32 Å². The van der Waals surface area contributed by atoms with Crippen LogP contribution in [0.2, 0.25) is 0 Å². The first-order valence-electron chi connectivity index (χ1n) is 7.42. The Bertz CT molecular complexity index is 380. The Morgan fingerprint density at radius 3 is 2.79 bits per heavy atom. The van der Waals surface area contributed by atoms with E-state index in [9.17, 15) is 0 Å². The van der Waals surface area contributed by atoms with Gasteiger partial charge in [0.2, 0.25) is 0 Å². The molecule has 1 aromatic heterocycles. The molecule has 0 bridgehead atoms. The third-order valence-electron chi connectivity index (χ3n) is 3.62. The van der Waals surface area contributed by atoms with Crippen LogP contribution in [-0.4, -0.2) is 12.3 Å². The van der Waals surface area contributed by atoms with Crippen molar-refractivity contribution in [3.05, 3.63) is 21.4 Å². The zero-order valence-electron chi connectivity index (χ0n) is 12.7. The van der Waals surface area contributed by atoms with Crippen LogP contribution in [0.4, 0.5) is 0 Å². The van der Waals surface area contributed by atoms with E-state index in [4.69, 9.17) is 0 Å². The summed E-state index contributed by atoms with van der Waals surface area (Å²) in [6.07, 6.45) is 3.81. The monoisotopic (exact) mass is 297 g/mol. The fourth-order valence-corrected chi connectivity index (χ4v) is 5.00. The van der Waals surface area contributed by atoms with Crippen LogP contribution in [0.1, 0.15) is 61.9 Å². The van der Waals surface area contributed by atoms with Gasteiger partial charge < -0.3 is 5.32 Å². The molecule has 1 nitrogen and oxygen atoms in total. The second-order valence-corrected chi connectivity index (χ2v) is 8.88. The summed E-state index contributed by atoms with van der Waals surface area (Å²) in [7, 11) is 0. The van der Waals surface area contributed by atoms with Crippen molar-refractivity contribution in [3.63, 3.8) is 0 Å². The summed E-state index contributed by atoms with van der Waals surface area (Å²) < 4.78 is 0. The van der Waals surface area contributed by atoms with E-state index in [0.29, 0.717) is 11.5 Å². The maximum Gasteiger partial charge on any atom is 0.0415 e. The van der Waals surface area contributed by atoms with Gasteiger partial charge in [-0.3, -0.25) is 0 Å². The van der Waals surface area contributed by atoms with Gasteiger partial charge >= 0.3 is 0 Å². The smallest absolute Gasteiger partial charge is 0.0415 e. The highest BCUT2D eigenvalue weighted by atomic mass is 32.2. The molecule has 0 fully saturated rings. The zero-order chi connectivity index (χ0) is 13.9. The number of aryl methyl sites for hydroxylation is 1. The first-order valence-corrected chi connectivity index (χ1v) is 9.39. The van der Waals surface area contributed by atoms with Crippen molar-refractivity contribution in [1.29, 1.82) is 0 Å². The Hall–Kier alpha value is 0.01000. The molecular weight excluding hydrogens is 270 g/mol. The summed E-state index contributed by atoms with van der Waals surface area (Å²) in [4.78, 5) is 3.21. The molecule has 2 rings (SSSR count). The van der Waals surface area contributed by atoms with Crippen molar-refractivity contribution in [3.8, 4) is 0 Å². The number of thiophene rings is 1. The Morgan fingerprint density at radius 2 is 2.16 bits per heavy atom. The number of fused-ring (bicyclic) bond motifs is 1. The minimum Gasteiger partial charge on any atom is -0.310 e. The number of rotatable bonds is 5. The Morgan fingerprint density at radius 1 is 1.37 bits per heavy atom. The SMILES string of the molecule is CCNC(CCC(C)(C)C)c1cc2c(s1)CCSC2. The average Bonchev–Trinajstić information content (AvgIpc) is 2.76. The Balaban J connectivity index is 2.07. The van der Waals surface area contributed by atoms with E-state index in [1.165, 1.54) is 30.8 Å². The lowest BCUT2D eigenvalue weighted by atomic mass is 9.88. The van der Waals surface area contributed by atoms with Gasteiger partial charge in [-0.25, -0.2) is 0 Å². The van der Waals surface area contributed by atoms with Gasteiger partial charge in [-0.1, -0.05) is 27.7 Å². The summed E-state index contributed by atoms with van der Waals surface area (Å²) in [5, 5.41) is 3.68. The van der Waals surface area contributed by atoms with Crippen molar-refractivity contribution in [1.82, 2.24) is 5.32 Å². The van der Waals surface area contributed by atoms with Gasteiger partial charge in [0.1, 0.15) is 0 Å². The molecular formula is C16H27NS2. The van der Waals surface area contributed by atoms with Crippen LogP contribution in [0.25, 0.3) is 0 Å². The molecule has 0 saturated carbocycles. The van der Waals surface area contributed by atoms with Gasteiger partial charge in [0.25, 0.3) is 0 Å². The summed E-state index contributed by atoms with van der Waals surface area (Å²) in [5.41, 5.74) is 2.04. The van der Waals surface area contributed by atoms with Crippen LogP contribution in [0, 0.1) is 5.41 Å². The molecule has 0 spiro atoms. The minimum atomic E-state index is 0.431. The molecule has 3 heteroatoms. The highest BCUT2D eigenvalue weighted by Gasteiger charge is 2.20. The highest BCUT2D eigenvalue weighted by Crippen LogP contribution is 2.37. The van der Waals surface area contributed by atoms with E-state index in [-0.39, 0.29) is 0 Å². The number of hydrogen-bond donors (Lipinski definition) is 1. The lowest BCUT2D eigenvalue weighted by Crippen LogP contribution is -2.21. The predicted molar refractivity (Wildman–Crippen MR) is 89.3 cm³/mol. The van der Waals surface area contributed by atoms with Gasteiger partial charge in [0, 0.05) is 21.5 Å². The molecule has 1 aliphatic rings. The van der Waals surface area contributed by atoms with Crippen LogP contribution in [-0.2, 0) is 12.2 Å². The maximum atomic E-state index is 3.68. The number of thioether (sulfide) groups is 1. The summed E-state index contributed by atoms with van der Waals surface area (Å²) in [5.74, 6) is 2.53. The van der Waals surface area contributed by atoms with Crippen molar-refractivity contribution >= 4 is 23.1 Å². The fourth-order valence-electron chi connectivity index (χ4n) is 2.51. The van der Waals surface area contributed by atoms with E-state index < -0.39 is 0 Å². The van der Waals surface area contributed by atoms with Crippen molar-refractivity contribution in [2.75, 3.05) is 12.3 Å². The lowest BCUT2D eigenvalue weighted by Gasteiger charge is -2.23. The van der Waals surface area contributed by atoms with Crippen molar-refractivity contribution in [2.45, 2.75) is 58.8 Å². The molecule has 1 atom stereocenters. The van der Waals surface area contributed by atoms with Gasteiger partial charge in [-0.05, 0) is 48.6 Å². The molecule has 0 amide bonds. The van der Waals surface area contributed by atoms with Crippen LogP contribution in [0.5, 0.6) is 0 Å². The minimum absolute atomic E-state index is 0.431. The molecule has 2 heterocycles. The van der Waals surface area contributed by atoms with Crippen LogP contribution in [0.15, 0.2) is 6.07 Å². The third kappa shape index (κ3) is 4.51. The summed E-state index contributed by atoms with van der Waals surface area (Å²) in [6, 6.07) is 3.03. The normalized spacial score (nSPS) is 17.3. The topological polar surface area (TPSA) is 12.0 Å².